The van der Waals surface area contributed by atoms with Crippen molar-refractivity contribution in [3.8, 4) is 0 Å². The fourth-order valence-electron chi connectivity index (χ4n) is 5.49. The van der Waals surface area contributed by atoms with E-state index < -0.39 is 0 Å². The van der Waals surface area contributed by atoms with E-state index >= 15 is 0 Å². The lowest BCUT2D eigenvalue weighted by molar-refractivity contribution is -0.134. The summed E-state index contributed by atoms with van der Waals surface area (Å²) in [5, 5.41) is 12.1. The Balaban J connectivity index is 1.06. The van der Waals surface area contributed by atoms with Crippen LogP contribution in [0.4, 0.5) is 0 Å². The Morgan fingerprint density at radius 3 is 2.91 bits per heavy atom. The third kappa shape index (κ3) is 5.96. The molecule has 0 aromatic heterocycles. The SMILES string of the molecule is CC1CC(C2NOC(CCC(=O)NCCCNC3NNC(=O)C4CCCCC34)N2)N(C)N1. The van der Waals surface area contributed by atoms with Gasteiger partial charge in [0, 0.05) is 37.9 Å². The van der Waals surface area contributed by atoms with E-state index in [2.05, 4.69) is 49.6 Å². The highest BCUT2D eigenvalue weighted by atomic mass is 16.7. The number of nitrogens with zero attached hydrogens (tertiary/aromatic N) is 1. The smallest absolute Gasteiger partial charge is 0.237 e. The maximum Gasteiger partial charge on any atom is 0.237 e. The van der Waals surface area contributed by atoms with Crippen LogP contribution in [0, 0.1) is 11.8 Å². The molecular weight excluding hydrogens is 412 g/mol. The minimum atomic E-state index is -0.159. The van der Waals surface area contributed by atoms with Crippen molar-refractivity contribution in [1.29, 1.82) is 0 Å². The minimum Gasteiger partial charge on any atom is -0.356 e. The molecule has 182 valence electrons. The first kappa shape index (κ1) is 23.8. The topological polar surface area (TPSA) is 131 Å². The lowest BCUT2D eigenvalue weighted by Crippen LogP contribution is -2.64. The first-order chi connectivity index (χ1) is 15.5. The lowest BCUT2D eigenvalue weighted by atomic mass is 9.76. The Hall–Kier alpha value is -1.34. The van der Waals surface area contributed by atoms with Crippen molar-refractivity contribution in [2.75, 3.05) is 20.1 Å². The van der Waals surface area contributed by atoms with Crippen molar-refractivity contribution in [3.63, 3.8) is 0 Å². The molecule has 0 aromatic rings. The fourth-order valence-corrected chi connectivity index (χ4v) is 5.49. The van der Waals surface area contributed by atoms with E-state index in [0.717, 1.165) is 38.6 Å². The molecule has 4 rings (SSSR count). The van der Waals surface area contributed by atoms with Crippen LogP contribution in [0.15, 0.2) is 0 Å². The molecule has 0 radical (unpaired) electrons. The molecule has 2 amide bonds. The molecule has 7 N–H and O–H groups in total. The van der Waals surface area contributed by atoms with Gasteiger partial charge in [-0.05, 0) is 45.6 Å². The normalized spacial score (nSPS) is 37.8. The number of hydroxylamine groups is 1. The van der Waals surface area contributed by atoms with Gasteiger partial charge in [-0.3, -0.25) is 30.6 Å². The van der Waals surface area contributed by atoms with Crippen LogP contribution in [0.2, 0.25) is 0 Å². The number of likely N-dealkylation sites (N-methyl/N-ethyl adjacent to an activating group) is 1. The molecule has 3 saturated heterocycles. The number of hydrogen-bond acceptors (Lipinski definition) is 9. The summed E-state index contributed by atoms with van der Waals surface area (Å²) in [6.07, 6.45) is 7.33. The minimum absolute atomic E-state index is 0.0440. The number of nitrogens with one attached hydrogen (secondary N) is 7. The van der Waals surface area contributed by atoms with Crippen LogP contribution in [0.1, 0.15) is 58.3 Å². The monoisotopic (exact) mass is 452 g/mol. The van der Waals surface area contributed by atoms with Gasteiger partial charge in [-0.25, -0.2) is 10.4 Å². The molecule has 0 spiro atoms. The Bertz CT molecular complexity index is 653. The number of hydrogen-bond donors (Lipinski definition) is 7. The summed E-state index contributed by atoms with van der Waals surface area (Å²) < 4.78 is 0. The Labute approximate surface area is 190 Å². The zero-order chi connectivity index (χ0) is 22.5. The molecule has 3 aliphatic heterocycles. The van der Waals surface area contributed by atoms with Gasteiger partial charge >= 0.3 is 0 Å². The van der Waals surface area contributed by atoms with E-state index in [1.807, 2.05) is 7.05 Å². The summed E-state index contributed by atoms with van der Waals surface area (Å²) in [4.78, 5) is 29.9. The number of hydrazine groups is 2. The summed E-state index contributed by atoms with van der Waals surface area (Å²) in [5.74, 6) is 0.647. The van der Waals surface area contributed by atoms with Crippen LogP contribution < -0.4 is 37.7 Å². The van der Waals surface area contributed by atoms with Gasteiger partial charge in [0.25, 0.3) is 0 Å². The molecule has 0 bridgehead atoms. The zero-order valence-electron chi connectivity index (χ0n) is 19.3. The molecule has 32 heavy (non-hydrogen) atoms. The van der Waals surface area contributed by atoms with E-state index in [-0.39, 0.29) is 36.3 Å². The van der Waals surface area contributed by atoms with Crippen LogP contribution in [-0.4, -0.2) is 67.6 Å². The largest absolute Gasteiger partial charge is 0.356 e. The molecule has 4 aliphatic rings. The molecule has 0 aromatic carbocycles. The third-order valence-corrected chi connectivity index (χ3v) is 7.21. The second-order valence-corrected chi connectivity index (χ2v) is 9.68. The van der Waals surface area contributed by atoms with Gasteiger partial charge in [-0.1, -0.05) is 12.8 Å². The van der Waals surface area contributed by atoms with E-state index in [1.54, 1.807) is 0 Å². The highest BCUT2D eigenvalue weighted by Crippen LogP contribution is 2.33. The number of carbonyl (C=O) groups is 2. The van der Waals surface area contributed by atoms with Gasteiger partial charge in [0.2, 0.25) is 11.8 Å². The standard InChI is InChI=1S/C21H40N8O3/c1-13-12-16(29(2)27-13)20-24-18(32-28-20)9-8-17(30)22-10-5-11-23-19-14-6-3-4-7-15(14)21(31)26-25-19/h13-16,18-20,23-25,27-28H,3-12H2,1-2H3,(H,22,30)(H,26,31). The predicted octanol–water partition coefficient (Wildman–Crippen LogP) is -0.997. The van der Waals surface area contributed by atoms with E-state index in [0.29, 0.717) is 37.4 Å². The lowest BCUT2D eigenvalue weighted by Gasteiger charge is -2.41. The van der Waals surface area contributed by atoms with E-state index in [9.17, 15) is 9.59 Å². The van der Waals surface area contributed by atoms with Crippen molar-refractivity contribution < 1.29 is 14.4 Å². The van der Waals surface area contributed by atoms with Gasteiger partial charge in [0.1, 0.15) is 12.4 Å². The van der Waals surface area contributed by atoms with Crippen LogP contribution in [0.5, 0.6) is 0 Å². The third-order valence-electron chi connectivity index (χ3n) is 7.21. The van der Waals surface area contributed by atoms with E-state index in [1.165, 1.54) is 6.42 Å². The molecular formula is C21H40N8O3. The molecule has 11 heteroatoms. The number of amides is 2. The van der Waals surface area contributed by atoms with Gasteiger partial charge in [0.05, 0.1) is 12.2 Å². The Morgan fingerprint density at radius 2 is 2.09 bits per heavy atom. The maximum atomic E-state index is 12.2. The van der Waals surface area contributed by atoms with Crippen molar-refractivity contribution >= 4 is 11.8 Å². The van der Waals surface area contributed by atoms with Crippen LogP contribution >= 0.6 is 0 Å². The van der Waals surface area contributed by atoms with Crippen molar-refractivity contribution in [2.24, 2.45) is 11.8 Å². The summed E-state index contributed by atoms with van der Waals surface area (Å²) in [6, 6.07) is 0.761. The summed E-state index contributed by atoms with van der Waals surface area (Å²) >= 11 is 0. The summed E-state index contributed by atoms with van der Waals surface area (Å²) in [7, 11) is 2.04. The van der Waals surface area contributed by atoms with E-state index in [4.69, 9.17) is 4.84 Å². The molecule has 7 atom stereocenters. The fraction of sp³-hybridized carbons (Fsp3) is 0.905. The van der Waals surface area contributed by atoms with Gasteiger partial charge in [-0.15, -0.1) is 0 Å². The van der Waals surface area contributed by atoms with Crippen LogP contribution in [0.3, 0.4) is 0 Å². The van der Waals surface area contributed by atoms with Gasteiger partial charge < -0.3 is 10.6 Å². The van der Waals surface area contributed by atoms with Crippen molar-refractivity contribution in [2.45, 2.75) is 88.9 Å². The number of rotatable bonds is 9. The van der Waals surface area contributed by atoms with Gasteiger partial charge in [-0.2, -0.15) is 5.48 Å². The molecule has 1 saturated carbocycles. The number of carbonyl (C=O) groups excluding carboxylic acids is 2. The van der Waals surface area contributed by atoms with Crippen molar-refractivity contribution in [1.82, 2.24) is 42.7 Å². The van der Waals surface area contributed by atoms with Gasteiger partial charge in [0.15, 0.2) is 0 Å². The highest BCUT2D eigenvalue weighted by molar-refractivity contribution is 5.79. The summed E-state index contributed by atoms with van der Waals surface area (Å²) in [6.45, 7) is 3.59. The molecule has 1 aliphatic carbocycles. The molecule has 3 heterocycles. The average molecular weight is 453 g/mol. The molecule has 7 unspecified atom stereocenters. The predicted molar refractivity (Wildman–Crippen MR) is 119 cm³/mol. The molecule has 11 nitrogen and oxygen atoms in total. The first-order valence-electron chi connectivity index (χ1n) is 12.2. The van der Waals surface area contributed by atoms with Crippen LogP contribution in [0.25, 0.3) is 0 Å². The zero-order valence-corrected chi connectivity index (χ0v) is 19.3. The quantitative estimate of drug-likeness (QED) is 0.220. The second kappa shape index (κ2) is 11.2. The first-order valence-corrected chi connectivity index (χ1v) is 12.2. The average Bonchev–Trinajstić information content (AvgIpc) is 3.39. The maximum absolute atomic E-state index is 12.2. The second-order valence-electron chi connectivity index (χ2n) is 9.68. The highest BCUT2D eigenvalue weighted by Gasteiger charge is 2.40. The van der Waals surface area contributed by atoms with Crippen LogP contribution in [-0.2, 0) is 14.4 Å². The molecule has 4 fully saturated rings. The number of fused-ring (bicyclic) bond motifs is 1. The Morgan fingerprint density at radius 1 is 1.25 bits per heavy atom. The summed E-state index contributed by atoms with van der Waals surface area (Å²) in [5.41, 5.74) is 12.4. The van der Waals surface area contributed by atoms with Crippen molar-refractivity contribution in [3.05, 3.63) is 0 Å². The Kier molecular flexibility index (Phi) is 8.32.